The molecule has 0 bridgehead atoms. The summed E-state index contributed by atoms with van der Waals surface area (Å²) in [6, 6.07) is 7.81. The van der Waals surface area contributed by atoms with Crippen molar-refractivity contribution in [3.8, 4) is 5.75 Å². The number of aromatic nitrogens is 3. The van der Waals surface area contributed by atoms with Crippen molar-refractivity contribution in [2.45, 2.75) is 70.7 Å². The van der Waals surface area contributed by atoms with Crippen molar-refractivity contribution in [2.75, 3.05) is 0 Å². The Labute approximate surface area is 148 Å². The van der Waals surface area contributed by atoms with Gasteiger partial charge < -0.3 is 10.2 Å². The number of phenolic OH excluding ortho intramolecular Hbond substituents is 1. The highest BCUT2D eigenvalue weighted by atomic mass is 16.3. The van der Waals surface area contributed by atoms with E-state index in [1.807, 2.05) is 18.2 Å². The monoisotopic (exact) mass is 344 g/mol. The number of aromatic amines is 1. The van der Waals surface area contributed by atoms with Crippen molar-refractivity contribution in [3.05, 3.63) is 41.5 Å². The molecule has 0 radical (unpaired) electrons. The third kappa shape index (κ3) is 4.80. The first kappa shape index (κ1) is 17.9. The number of rotatable bonds is 6. The van der Waals surface area contributed by atoms with Crippen LogP contribution in [0, 0.1) is 0 Å². The fourth-order valence-electron chi connectivity index (χ4n) is 3.46. The second-order valence-electron chi connectivity index (χ2n) is 7.33. The molecule has 6 heteroatoms. The van der Waals surface area contributed by atoms with E-state index in [4.69, 9.17) is 0 Å². The second-order valence-corrected chi connectivity index (χ2v) is 7.33. The Morgan fingerprint density at radius 3 is 2.60 bits per heavy atom. The summed E-state index contributed by atoms with van der Waals surface area (Å²) in [5.41, 5.74) is 1.08. The van der Waals surface area contributed by atoms with Gasteiger partial charge in [0.1, 0.15) is 11.6 Å². The predicted molar refractivity (Wildman–Crippen MR) is 96.1 cm³/mol. The second kappa shape index (κ2) is 7.97. The average Bonchev–Trinajstić information content (AvgIpc) is 3.04. The third-order valence-electron chi connectivity index (χ3n) is 4.90. The van der Waals surface area contributed by atoms with Crippen LogP contribution in [0.2, 0.25) is 0 Å². The maximum atomic E-state index is 9.81. The van der Waals surface area contributed by atoms with Crippen molar-refractivity contribution in [1.82, 2.24) is 20.1 Å². The SMILES string of the molecule is CC(C)c1n[nH]c(CN(Cc2cccc(O)c2)C2CCC(O)CC2)n1. The first-order valence-corrected chi connectivity index (χ1v) is 9.12. The van der Waals surface area contributed by atoms with Crippen LogP contribution in [0.3, 0.4) is 0 Å². The lowest BCUT2D eigenvalue weighted by Crippen LogP contribution is -2.38. The molecule has 1 aliphatic carbocycles. The molecular formula is C19H28N4O2. The molecule has 136 valence electrons. The number of phenols is 1. The topological polar surface area (TPSA) is 85.3 Å². The van der Waals surface area contributed by atoms with Crippen LogP contribution in [0.4, 0.5) is 0 Å². The molecule has 1 aromatic heterocycles. The molecule has 3 N–H and O–H groups in total. The Morgan fingerprint density at radius 2 is 1.96 bits per heavy atom. The highest BCUT2D eigenvalue weighted by molar-refractivity contribution is 5.27. The molecule has 2 aromatic rings. The summed E-state index contributed by atoms with van der Waals surface area (Å²) in [5.74, 6) is 2.30. The van der Waals surface area contributed by atoms with Crippen LogP contribution in [0.1, 0.15) is 62.7 Å². The van der Waals surface area contributed by atoms with Crippen molar-refractivity contribution in [3.63, 3.8) is 0 Å². The van der Waals surface area contributed by atoms with Gasteiger partial charge in [0.05, 0.1) is 12.6 Å². The zero-order chi connectivity index (χ0) is 17.8. The molecule has 6 nitrogen and oxygen atoms in total. The molecule has 0 aliphatic heterocycles. The lowest BCUT2D eigenvalue weighted by atomic mass is 9.91. The maximum absolute atomic E-state index is 9.81. The Hall–Kier alpha value is -1.92. The lowest BCUT2D eigenvalue weighted by molar-refractivity contribution is 0.0653. The van der Waals surface area contributed by atoms with Gasteiger partial charge in [-0.1, -0.05) is 26.0 Å². The molecule has 0 atom stereocenters. The quantitative estimate of drug-likeness (QED) is 0.750. The summed E-state index contributed by atoms with van der Waals surface area (Å²) >= 11 is 0. The Bertz CT molecular complexity index is 678. The van der Waals surface area contributed by atoms with Gasteiger partial charge >= 0.3 is 0 Å². The number of aliphatic hydroxyl groups excluding tert-OH is 1. The molecule has 1 fully saturated rings. The average molecular weight is 344 g/mol. The number of aliphatic hydroxyl groups is 1. The van der Waals surface area contributed by atoms with E-state index >= 15 is 0 Å². The van der Waals surface area contributed by atoms with Crippen molar-refractivity contribution < 1.29 is 10.2 Å². The van der Waals surface area contributed by atoms with Crippen LogP contribution < -0.4 is 0 Å². The van der Waals surface area contributed by atoms with E-state index in [0.29, 0.717) is 24.3 Å². The molecular weight excluding hydrogens is 316 g/mol. The zero-order valence-electron chi connectivity index (χ0n) is 15.0. The van der Waals surface area contributed by atoms with E-state index in [-0.39, 0.29) is 6.10 Å². The smallest absolute Gasteiger partial charge is 0.153 e. The van der Waals surface area contributed by atoms with Crippen molar-refractivity contribution >= 4 is 0 Å². The largest absolute Gasteiger partial charge is 0.508 e. The van der Waals surface area contributed by atoms with Gasteiger partial charge in [-0.2, -0.15) is 5.10 Å². The number of aromatic hydroxyl groups is 1. The minimum absolute atomic E-state index is 0.170. The van der Waals surface area contributed by atoms with Crippen molar-refractivity contribution in [1.29, 1.82) is 0 Å². The van der Waals surface area contributed by atoms with E-state index in [2.05, 4.69) is 33.9 Å². The minimum atomic E-state index is -0.170. The summed E-state index contributed by atoms with van der Waals surface area (Å²) in [6.45, 7) is 5.60. The zero-order valence-corrected chi connectivity index (χ0v) is 15.0. The third-order valence-corrected chi connectivity index (χ3v) is 4.90. The van der Waals surface area contributed by atoms with Gasteiger partial charge in [0.2, 0.25) is 0 Å². The van der Waals surface area contributed by atoms with Crippen LogP contribution in [0.5, 0.6) is 5.75 Å². The number of benzene rings is 1. The number of hydrogen-bond donors (Lipinski definition) is 3. The van der Waals surface area contributed by atoms with Crippen LogP contribution in [0.25, 0.3) is 0 Å². The summed E-state index contributed by atoms with van der Waals surface area (Å²) in [4.78, 5) is 6.99. The Balaban J connectivity index is 1.75. The number of hydrogen-bond acceptors (Lipinski definition) is 5. The fraction of sp³-hybridized carbons (Fsp3) is 0.579. The number of H-pyrrole nitrogens is 1. The van der Waals surface area contributed by atoms with Crippen LogP contribution in [0.15, 0.2) is 24.3 Å². The molecule has 1 heterocycles. The standard InChI is InChI=1S/C19H28N4O2/c1-13(2)19-20-18(21-22-19)12-23(15-6-8-16(24)9-7-15)11-14-4-3-5-17(25)10-14/h3-5,10,13,15-16,24-25H,6-9,11-12H2,1-2H3,(H,20,21,22). The maximum Gasteiger partial charge on any atom is 0.153 e. The van der Waals surface area contributed by atoms with Gasteiger partial charge in [-0.3, -0.25) is 10.00 Å². The Kier molecular flexibility index (Phi) is 5.71. The van der Waals surface area contributed by atoms with Gasteiger partial charge in [0.15, 0.2) is 5.82 Å². The molecule has 1 aromatic carbocycles. The van der Waals surface area contributed by atoms with E-state index in [1.165, 1.54) is 0 Å². The minimum Gasteiger partial charge on any atom is -0.508 e. The molecule has 0 saturated heterocycles. The first-order chi connectivity index (χ1) is 12.0. The number of nitrogens with zero attached hydrogens (tertiary/aromatic N) is 3. The lowest BCUT2D eigenvalue weighted by Gasteiger charge is -2.35. The van der Waals surface area contributed by atoms with Gasteiger partial charge in [0, 0.05) is 18.5 Å². The molecule has 3 rings (SSSR count). The highest BCUT2D eigenvalue weighted by Crippen LogP contribution is 2.26. The van der Waals surface area contributed by atoms with Gasteiger partial charge in [-0.15, -0.1) is 0 Å². The summed E-state index contributed by atoms with van der Waals surface area (Å²) in [5, 5.41) is 26.9. The molecule has 0 spiro atoms. The fourth-order valence-corrected chi connectivity index (χ4v) is 3.46. The van der Waals surface area contributed by atoms with E-state index < -0.39 is 0 Å². The number of nitrogens with one attached hydrogen (secondary N) is 1. The van der Waals surface area contributed by atoms with Gasteiger partial charge in [0.25, 0.3) is 0 Å². The molecule has 1 saturated carbocycles. The summed E-state index contributed by atoms with van der Waals surface area (Å²) < 4.78 is 0. The normalized spacial score (nSPS) is 21.2. The van der Waals surface area contributed by atoms with Gasteiger partial charge in [-0.25, -0.2) is 4.98 Å². The van der Waals surface area contributed by atoms with E-state index in [0.717, 1.165) is 49.4 Å². The predicted octanol–water partition coefficient (Wildman–Crippen LogP) is 2.94. The molecule has 0 amide bonds. The highest BCUT2D eigenvalue weighted by Gasteiger charge is 2.26. The van der Waals surface area contributed by atoms with Crippen LogP contribution in [-0.2, 0) is 13.1 Å². The van der Waals surface area contributed by atoms with Crippen molar-refractivity contribution in [2.24, 2.45) is 0 Å². The Morgan fingerprint density at radius 1 is 1.20 bits per heavy atom. The summed E-state index contributed by atoms with van der Waals surface area (Å²) in [7, 11) is 0. The van der Waals surface area contributed by atoms with Crippen LogP contribution in [-0.4, -0.2) is 42.4 Å². The van der Waals surface area contributed by atoms with Crippen LogP contribution >= 0.6 is 0 Å². The summed E-state index contributed by atoms with van der Waals surface area (Å²) in [6.07, 6.45) is 3.47. The van der Waals surface area contributed by atoms with E-state index in [1.54, 1.807) is 6.07 Å². The van der Waals surface area contributed by atoms with Gasteiger partial charge in [-0.05, 0) is 43.4 Å². The molecule has 1 aliphatic rings. The molecule has 0 unspecified atom stereocenters. The molecule has 25 heavy (non-hydrogen) atoms. The first-order valence-electron chi connectivity index (χ1n) is 9.12. The van der Waals surface area contributed by atoms with E-state index in [9.17, 15) is 10.2 Å².